The fourth-order valence-electron chi connectivity index (χ4n) is 3.12. The first-order valence-corrected chi connectivity index (χ1v) is 7.46. The minimum Gasteiger partial charge on any atom is -0.857 e. The normalized spacial score (nSPS) is 17.7. The maximum atomic E-state index is 9.00. The van der Waals surface area contributed by atoms with Crippen molar-refractivity contribution in [3.8, 4) is 0 Å². The van der Waals surface area contributed by atoms with Crippen LogP contribution < -0.4 is 10.2 Å². The molecule has 4 nitrogen and oxygen atoms in total. The van der Waals surface area contributed by atoms with Crippen molar-refractivity contribution in [2.75, 3.05) is 14.2 Å². The van der Waals surface area contributed by atoms with E-state index in [9.17, 15) is 0 Å². The average Bonchev–Trinajstić information content (AvgIpc) is 2.89. The number of hydrogen-bond donors (Lipinski definition) is 1. The Kier molecular flexibility index (Phi) is 15.2. The van der Waals surface area contributed by atoms with Gasteiger partial charge in [0.2, 0.25) is 0 Å². The standard InChI is InChI=1S/C13H17.C2H4O2.2CH3O.Ti/c1-3-7-12-10(5-1)9-11-6-2-4-8-13(11)12;1-2(3)4;2*1-2;/h5H,1-4,6-9H2;1H3,(H,3,4);2*1H3;/q-1;;2*-1;+3. The second-order valence-corrected chi connectivity index (χ2v) is 5.09. The van der Waals surface area contributed by atoms with E-state index < -0.39 is 5.97 Å². The molecule has 0 fully saturated rings. The Morgan fingerprint density at radius 1 is 1.00 bits per heavy atom. The zero-order valence-corrected chi connectivity index (χ0v) is 15.5. The van der Waals surface area contributed by atoms with Crippen LogP contribution in [-0.2, 0) is 26.5 Å². The summed E-state index contributed by atoms with van der Waals surface area (Å²) in [4.78, 5) is 9.00. The first-order valence-electron chi connectivity index (χ1n) is 7.46. The Labute approximate surface area is 149 Å². The fourth-order valence-corrected chi connectivity index (χ4v) is 3.12. The second-order valence-electron chi connectivity index (χ2n) is 5.09. The Balaban J connectivity index is 0. The Hall–Kier alpha value is -0.546. The summed E-state index contributed by atoms with van der Waals surface area (Å²) in [6, 6.07) is 0. The van der Waals surface area contributed by atoms with Gasteiger partial charge >= 0.3 is 21.7 Å². The molecule has 1 radical (unpaired) electrons. The van der Waals surface area contributed by atoms with E-state index in [2.05, 4.69) is 6.42 Å². The minimum atomic E-state index is -0.833. The van der Waals surface area contributed by atoms with Crippen LogP contribution in [0.5, 0.6) is 0 Å². The van der Waals surface area contributed by atoms with Crippen LogP contribution in [0.25, 0.3) is 0 Å². The summed E-state index contributed by atoms with van der Waals surface area (Å²) in [6.07, 6.45) is 13.6. The number of aliphatic carboxylic acids is 1. The van der Waals surface area contributed by atoms with Crippen molar-refractivity contribution in [2.45, 2.75) is 58.3 Å². The van der Waals surface area contributed by atoms with Crippen LogP contribution >= 0.6 is 0 Å². The van der Waals surface area contributed by atoms with Gasteiger partial charge in [0.05, 0.1) is 0 Å². The fraction of sp³-hybridized carbons (Fsp3) is 0.647. The van der Waals surface area contributed by atoms with Gasteiger partial charge < -0.3 is 15.3 Å². The van der Waals surface area contributed by atoms with Gasteiger partial charge in [0.1, 0.15) is 0 Å². The van der Waals surface area contributed by atoms with Crippen molar-refractivity contribution in [1.29, 1.82) is 0 Å². The number of fused-ring (bicyclic) bond motifs is 1. The number of carboxylic acids is 1. The van der Waals surface area contributed by atoms with Gasteiger partial charge in [-0.15, -0.1) is 12.0 Å². The van der Waals surface area contributed by atoms with Gasteiger partial charge in [0, 0.05) is 6.92 Å². The van der Waals surface area contributed by atoms with Gasteiger partial charge in [0.25, 0.3) is 5.97 Å². The van der Waals surface area contributed by atoms with Crippen LogP contribution in [0.4, 0.5) is 0 Å². The molecule has 0 atom stereocenters. The first-order chi connectivity index (χ1) is 10.2. The second kappa shape index (κ2) is 14.1. The molecule has 3 aliphatic carbocycles. The van der Waals surface area contributed by atoms with E-state index in [1.54, 1.807) is 22.3 Å². The van der Waals surface area contributed by atoms with Gasteiger partial charge in [-0.05, 0) is 25.7 Å². The largest absolute Gasteiger partial charge is 3.00 e. The van der Waals surface area contributed by atoms with E-state index in [-0.39, 0.29) is 21.7 Å². The van der Waals surface area contributed by atoms with Crippen LogP contribution in [0.15, 0.2) is 22.3 Å². The molecule has 0 bridgehead atoms. The van der Waals surface area contributed by atoms with E-state index in [1.807, 2.05) is 0 Å². The summed E-state index contributed by atoms with van der Waals surface area (Å²) in [5, 5.41) is 23.9. The maximum Gasteiger partial charge on any atom is 3.00 e. The third-order valence-electron chi connectivity index (χ3n) is 3.76. The number of carboxylic acid groups (broad SMARTS) is 1. The van der Waals surface area contributed by atoms with E-state index in [0.717, 1.165) is 21.1 Å². The monoisotopic (exact) mass is 343 g/mol. The van der Waals surface area contributed by atoms with Crippen LogP contribution in [-0.4, -0.2) is 25.3 Å². The molecule has 0 saturated carbocycles. The molecule has 22 heavy (non-hydrogen) atoms. The molecule has 0 aromatic rings. The average molecular weight is 343 g/mol. The molecular weight excluding hydrogens is 316 g/mol. The van der Waals surface area contributed by atoms with E-state index in [4.69, 9.17) is 20.1 Å². The molecule has 0 unspecified atom stereocenters. The molecule has 0 aliphatic heterocycles. The molecule has 3 rings (SSSR count). The van der Waals surface area contributed by atoms with E-state index in [0.29, 0.717) is 0 Å². The predicted octanol–water partition coefficient (Wildman–Crippen LogP) is 1.99. The smallest absolute Gasteiger partial charge is 0.857 e. The van der Waals surface area contributed by atoms with Gasteiger partial charge in [-0.1, -0.05) is 24.8 Å². The number of rotatable bonds is 0. The molecule has 3 aliphatic rings. The summed E-state index contributed by atoms with van der Waals surface area (Å²) in [6.45, 7) is 1.08. The van der Waals surface area contributed by atoms with Crippen molar-refractivity contribution in [2.24, 2.45) is 0 Å². The van der Waals surface area contributed by atoms with Crippen LogP contribution in [0.1, 0.15) is 58.3 Å². The molecule has 5 heteroatoms. The van der Waals surface area contributed by atoms with Crippen molar-refractivity contribution in [3.05, 3.63) is 28.7 Å². The number of carbonyl (C=O) groups is 1. The van der Waals surface area contributed by atoms with Gasteiger partial charge in [-0.3, -0.25) is 4.79 Å². The molecular formula is C17H27O4Ti. The van der Waals surface area contributed by atoms with Crippen molar-refractivity contribution < 1.29 is 41.8 Å². The summed E-state index contributed by atoms with van der Waals surface area (Å²) in [5.74, 6) is -0.833. The molecule has 0 amide bonds. The number of hydrogen-bond acceptors (Lipinski definition) is 3. The third-order valence-corrected chi connectivity index (χ3v) is 3.76. The van der Waals surface area contributed by atoms with Gasteiger partial charge in [0.15, 0.2) is 0 Å². The summed E-state index contributed by atoms with van der Waals surface area (Å²) in [7, 11) is 1.50. The SMILES string of the molecule is CC(=O)O.C[O-].C[O-].[CH-]1CCCC2=C1CC1=C2CCCC1.[Ti+3]. The molecule has 0 aromatic heterocycles. The molecule has 0 heterocycles. The molecule has 0 aromatic carbocycles. The van der Waals surface area contributed by atoms with Crippen molar-refractivity contribution in [3.63, 3.8) is 0 Å². The molecule has 123 valence electrons. The summed E-state index contributed by atoms with van der Waals surface area (Å²) < 4.78 is 0. The zero-order chi connectivity index (χ0) is 16.3. The van der Waals surface area contributed by atoms with Gasteiger partial charge in [-0.25, -0.2) is 12.0 Å². The molecule has 0 spiro atoms. The molecule has 1 N–H and O–H groups in total. The van der Waals surface area contributed by atoms with Crippen LogP contribution in [0.2, 0.25) is 0 Å². The molecule has 0 saturated heterocycles. The summed E-state index contributed by atoms with van der Waals surface area (Å²) in [5.41, 5.74) is 7.06. The maximum absolute atomic E-state index is 9.00. The Bertz CT molecular complexity index is 352. The Morgan fingerprint density at radius 2 is 1.50 bits per heavy atom. The topological polar surface area (TPSA) is 83.4 Å². The van der Waals surface area contributed by atoms with Gasteiger partial charge in [-0.2, -0.15) is 19.8 Å². The number of allylic oxidation sites excluding steroid dienone is 4. The van der Waals surface area contributed by atoms with E-state index >= 15 is 0 Å². The quantitative estimate of drug-likeness (QED) is 0.539. The predicted molar refractivity (Wildman–Crippen MR) is 80.4 cm³/mol. The third kappa shape index (κ3) is 7.64. The van der Waals surface area contributed by atoms with Crippen LogP contribution in [0, 0.1) is 6.42 Å². The van der Waals surface area contributed by atoms with Crippen molar-refractivity contribution >= 4 is 5.97 Å². The zero-order valence-electron chi connectivity index (χ0n) is 13.9. The Morgan fingerprint density at radius 3 is 2.09 bits per heavy atom. The summed E-state index contributed by atoms with van der Waals surface area (Å²) >= 11 is 0. The minimum absolute atomic E-state index is 0. The first kappa shape index (κ1) is 23.7. The van der Waals surface area contributed by atoms with E-state index in [1.165, 1.54) is 51.4 Å². The van der Waals surface area contributed by atoms with Crippen molar-refractivity contribution in [1.82, 2.24) is 0 Å². The van der Waals surface area contributed by atoms with Crippen LogP contribution in [0.3, 0.4) is 0 Å².